The fraction of sp³-hybridized carbons (Fsp3) is 0.562. The van der Waals surface area contributed by atoms with Crippen molar-refractivity contribution in [2.75, 3.05) is 26.7 Å². The molecule has 1 aromatic carbocycles. The van der Waals surface area contributed by atoms with E-state index in [-0.39, 0.29) is 25.1 Å². The van der Waals surface area contributed by atoms with E-state index in [1.54, 1.807) is 14.0 Å². The summed E-state index contributed by atoms with van der Waals surface area (Å²) in [5.74, 6) is -1.91. The zero-order chi connectivity index (χ0) is 16.3. The summed E-state index contributed by atoms with van der Waals surface area (Å²) >= 11 is 0. The SMILES string of the molecule is CC(c1ccc(F)c(F)c1)N(C)C(=O)CN(CCO)C1CC1. The molecule has 0 saturated heterocycles. The molecule has 22 heavy (non-hydrogen) atoms. The third-order valence-corrected chi connectivity index (χ3v) is 4.19. The van der Waals surface area contributed by atoms with Gasteiger partial charge < -0.3 is 10.0 Å². The Labute approximate surface area is 129 Å². The van der Waals surface area contributed by atoms with Gasteiger partial charge in [0.05, 0.1) is 19.2 Å². The molecule has 1 aliphatic carbocycles. The molecule has 1 fully saturated rings. The van der Waals surface area contributed by atoms with Crippen LogP contribution in [0.2, 0.25) is 0 Å². The summed E-state index contributed by atoms with van der Waals surface area (Å²) in [6.45, 7) is 2.50. The van der Waals surface area contributed by atoms with Gasteiger partial charge in [0.2, 0.25) is 5.91 Å². The number of benzene rings is 1. The molecule has 0 heterocycles. The molecule has 1 N–H and O–H groups in total. The number of likely N-dealkylation sites (N-methyl/N-ethyl adjacent to an activating group) is 1. The van der Waals surface area contributed by atoms with Crippen LogP contribution in [0.3, 0.4) is 0 Å². The lowest BCUT2D eigenvalue weighted by molar-refractivity contribution is -0.133. The number of amides is 1. The van der Waals surface area contributed by atoms with E-state index in [4.69, 9.17) is 5.11 Å². The molecule has 1 amide bonds. The van der Waals surface area contributed by atoms with Crippen LogP contribution in [0.4, 0.5) is 8.78 Å². The number of rotatable bonds is 7. The van der Waals surface area contributed by atoms with Gasteiger partial charge in [-0.05, 0) is 37.5 Å². The van der Waals surface area contributed by atoms with Crippen LogP contribution in [0.25, 0.3) is 0 Å². The summed E-state index contributed by atoms with van der Waals surface area (Å²) in [6.07, 6.45) is 2.10. The van der Waals surface area contributed by atoms with Crippen molar-refractivity contribution in [3.8, 4) is 0 Å². The van der Waals surface area contributed by atoms with Crippen LogP contribution in [0.1, 0.15) is 31.4 Å². The van der Waals surface area contributed by atoms with Crippen LogP contribution in [-0.2, 0) is 4.79 Å². The summed E-state index contributed by atoms with van der Waals surface area (Å²) in [5.41, 5.74) is 0.551. The van der Waals surface area contributed by atoms with Crippen molar-refractivity contribution in [2.45, 2.75) is 31.8 Å². The number of aliphatic hydroxyl groups excluding tert-OH is 1. The molecule has 0 bridgehead atoms. The second-order valence-corrected chi connectivity index (χ2v) is 5.78. The van der Waals surface area contributed by atoms with Crippen molar-refractivity contribution >= 4 is 5.91 Å². The molecule has 0 aromatic heterocycles. The van der Waals surface area contributed by atoms with Crippen molar-refractivity contribution in [3.05, 3.63) is 35.4 Å². The lowest BCUT2D eigenvalue weighted by Crippen LogP contribution is -2.41. The van der Waals surface area contributed by atoms with Gasteiger partial charge in [0.25, 0.3) is 0 Å². The van der Waals surface area contributed by atoms with Crippen LogP contribution in [0, 0.1) is 11.6 Å². The number of carbonyl (C=O) groups excluding carboxylic acids is 1. The highest BCUT2D eigenvalue weighted by Gasteiger charge is 2.31. The van der Waals surface area contributed by atoms with E-state index in [9.17, 15) is 13.6 Å². The van der Waals surface area contributed by atoms with Gasteiger partial charge in [0.1, 0.15) is 0 Å². The second-order valence-electron chi connectivity index (χ2n) is 5.78. The van der Waals surface area contributed by atoms with Gasteiger partial charge in [-0.25, -0.2) is 8.78 Å². The maximum atomic E-state index is 13.3. The molecular formula is C16H22F2N2O2. The van der Waals surface area contributed by atoms with E-state index in [1.165, 1.54) is 11.0 Å². The lowest BCUT2D eigenvalue weighted by Gasteiger charge is -2.29. The molecule has 1 unspecified atom stereocenters. The van der Waals surface area contributed by atoms with Crippen molar-refractivity contribution in [1.82, 2.24) is 9.80 Å². The first-order valence-corrected chi connectivity index (χ1v) is 7.49. The fourth-order valence-electron chi connectivity index (χ4n) is 2.46. The van der Waals surface area contributed by atoms with E-state index in [0.29, 0.717) is 18.2 Å². The summed E-state index contributed by atoms with van der Waals surface area (Å²) in [7, 11) is 1.65. The first-order chi connectivity index (χ1) is 10.4. The minimum Gasteiger partial charge on any atom is -0.395 e. The third kappa shape index (κ3) is 4.01. The summed E-state index contributed by atoms with van der Waals surface area (Å²) in [5, 5.41) is 9.06. The molecule has 1 atom stereocenters. The number of aliphatic hydroxyl groups is 1. The minimum absolute atomic E-state index is 0.0201. The van der Waals surface area contributed by atoms with Crippen LogP contribution in [0.5, 0.6) is 0 Å². The van der Waals surface area contributed by atoms with Gasteiger partial charge in [-0.15, -0.1) is 0 Å². The van der Waals surface area contributed by atoms with E-state index >= 15 is 0 Å². The van der Waals surface area contributed by atoms with Gasteiger partial charge >= 0.3 is 0 Å². The first kappa shape index (κ1) is 16.8. The normalized spacial score (nSPS) is 15.9. The number of hydrogen-bond acceptors (Lipinski definition) is 3. The molecular weight excluding hydrogens is 290 g/mol. The Bertz CT molecular complexity index is 535. The van der Waals surface area contributed by atoms with Gasteiger partial charge in [-0.3, -0.25) is 9.69 Å². The first-order valence-electron chi connectivity index (χ1n) is 7.49. The second kappa shape index (κ2) is 7.15. The van der Waals surface area contributed by atoms with Gasteiger partial charge in [-0.2, -0.15) is 0 Å². The Kier molecular flexibility index (Phi) is 5.47. The van der Waals surface area contributed by atoms with Crippen LogP contribution in [-0.4, -0.2) is 53.6 Å². The predicted molar refractivity (Wildman–Crippen MR) is 79.2 cm³/mol. The van der Waals surface area contributed by atoms with E-state index in [0.717, 1.165) is 25.0 Å². The van der Waals surface area contributed by atoms with E-state index < -0.39 is 11.6 Å². The fourth-order valence-corrected chi connectivity index (χ4v) is 2.46. The highest BCUT2D eigenvalue weighted by molar-refractivity contribution is 5.78. The average Bonchev–Trinajstić information content (AvgIpc) is 3.32. The Balaban J connectivity index is 2.00. The topological polar surface area (TPSA) is 43.8 Å². The van der Waals surface area contributed by atoms with Crippen molar-refractivity contribution in [2.24, 2.45) is 0 Å². The molecule has 2 rings (SSSR count). The Morgan fingerprint density at radius 1 is 1.36 bits per heavy atom. The number of carbonyl (C=O) groups is 1. The molecule has 0 spiro atoms. The average molecular weight is 312 g/mol. The number of nitrogens with zero attached hydrogens (tertiary/aromatic N) is 2. The Hall–Kier alpha value is -1.53. The zero-order valence-electron chi connectivity index (χ0n) is 12.9. The van der Waals surface area contributed by atoms with Crippen molar-refractivity contribution in [1.29, 1.82) is 0 Å². The van der Waals surface area contributed by atoms with Crippen LogP contribution < -0.4 is 0 Å². The van der Waals surface area contributed by atoms with Crippen LogP contribution >= 0.6 is 0 Å². The van der Waals surface area contributed by atoms with Gasteiger partial charge in [0, 0.05) is 19.6 Å². The standard InChI is InChI=1S/C16H22F2N2O2/c1-11(12-3-6-14(17)15(18)9-12)19(2)16(22)10-20(7-8-21)13-4-5-13/h3,6,9,11,13,21H,4-5,7-8,10H2,1-2H3. The monoisotopic (exact) mass is 312 g/mol. The lowest BCUT2D eigenvalue weighted by atomic mass is 10.1. The molecule has 122 valence electrons. The maximum Gasteiger partial charge on any atom is 0.237 e. The number of halogens is 2. The molecule has 1 aliphatic rings. The number of hydrogen-bond donors (Lipinski definition) is 1. The molecule has 0 aliphatic heterocycles. The summed E-state index contributed by atoms with van der Waals surface area (Å²) < 4.78 is 26.3. The summed E-state index contributed by atoms with van der Waals surface area (Å²) in [4.78, 5) is 15.9. The van der Waals surface area contributed by atoms with E-state index in [2.05, 4.69) is 0 Å². The molecule has 4 nitrogen and oxygen atoms in total. The molecule has 1 saturated carbocycles. The third-order valence-electron chi connectivity index (χ3n) is 4.19. The highest BCUT2D eigenvalue weighted by atomic mass is 19.2. The highest BCUT2D eigenvalue weighted by Crippen LogP contribution is 2.27. The minimum atomic E-state index is -0.912. The van der Waals surface area contributed by atoms with Crippen molar-refractivity contribution < 1.29 is 18.7 Å². The van der Waals surface area contributed by atoms with Crippen molar-refractivity contribution in [3.63, 3.8) is 0 Å². The largest absolute Gasteiger partial charge is 0.395 e. The van der Waals surface area contributed by atoms with E-state index in [1.807, 2.05) is 4.90 Å². The predicted octanol–water partition coefficient (Wildman–Crippen LogP) is 1.94. The smallest absolute Gasteiger partial charge is 0.237 e. The maximum absolute atomic E-state index is 13.3. The van der Waals surface area contributed by atoms with Gasteiger partial charge in [0.15, 0.2) is 11.6 Å². The molecule has 0 radical (unpaired) electrons. The van der Waals surface area contributed by atoms with Gasteiger partial charge in [-0.1, -0.05) is 6.07 Å². The Morgan fingerprint density at radius 3 is 2.59 bits per heavy atom. The molecule has 1 aromatic rings. The zero-order valence-corrected chi connectivity index (χ0v) is 12.9. The Morgan fingerprint density at radius 2 is 2.05 bits per heavy atom. The quantitative estimate of drug-likeness (QED) is 0.837. The van der Waals surface area contributed by atoms with Crippen LogP contribution in [0.15, 0.2) is 18.2 Å². The summed E-state index contributed by atoms with van der Waals surface area (Å²) in [6, 6.07) is 3.71. The molecule has 6 heteroatoms.